The van der Waals surface area contributed by atoms with Crippen molar-refractivity contribution >= 4 is 11.6 Å². The highest BCUT2D eigenvalue weighted by Gasteiger charge is 2.20. The molecule has 0 unspecified atom stereocenters. The summed E-state index contributed by atoms with van der Waals surface area (Å²) in [5.74, 6) is -2.83. The van der Waals surface area contributed by atoms with Crippen LogP contribution in [0.4, 0.5) is 8.78 Å². The van der Waals surface area contributed by atoms with E-state index in [4.69, 9.17) is 0 Å². The van der Waals surface area contributed by atoms with Crippen LogP contribution in [0, 0.1) is 11.6 Å². The number of hydrogen-bond donors (Lipinski definition) is 0. The van der Waals surface area contributed by atoms with E-state index in [0.717, 1.165) is 12.1 Å². The van der Waals surface area contributed by atoms with Gasteiger partial charge in [-0.25, -0.2) is 8.78 Å². The van der Waals surface area contributed by atoms with Gasteiger partial charge in [-0.1, -0.05) is 6.92 Å². The normalized spacial score (nSPS) is 10.7. The number of carbonyl (C=O) groups excluding carboxylic acids is 2. The van der Waals surface area contributed by atoms with Crippen LogP contribution in [-0.2, 0) is 13.5 Å². The largest absolute Gasteiger partial charge is 0.294 e. The Bertz CT molecular complexity index is 708. The van der Waals surface area contributed by atoms with Crippen molar-refractivity contribution in [2.45, 2.75) is 19.8 Å². The fourth-order valence-corrected chi connectivity index (χ4v) is 2.08. The predicted octanol–water partition coefficient (Wildman–Crippen LogP) is 2.72. The van der Waals surface area contributed by atoms with Gasteiger partial charge in [0.15, 0.2) is 11.6 Å². The highest BCUT2D eigenvalue weighted by atomic mass is 19.1. The van der Waals surface area contributed by atoms with E-state index >= 15 is 0 Å². The number of carbonyl (C=O) groups is 2. The summed E-state index contributed by atoms with van der Waals surface area (Å²) in [6.07, 6.45) is 1.62. The van der Waals surface area contributed by atoms with Crippen LogP contribution < -0.4 is 0 Å². The first-order valence-electron chi connectivity index (χ1n) is 6.46. The molecule has 0 aliphatic rings. The molecule has 0 aliphatic heterocycles. The summed E-state index contributed by atoms with van der Waals surface area (Å²) >= 11 is 0. The molecule has 21 heavy (non-hydrogen) atoms. The van der Waals surface area contributed by atoms with Gasteiger partial charge in [0.05, 0.1) is 23.2 Å². The van der Waals surface area contributed by atoms with Crippen LogP contribution in [0.1, 0.15) is 39.8 Å². The van der Waals surface area contributed by atoms with Gasteiger partial charge in [-0.2, -0.15) is 5.10 Å². The average molecular weight is 292 g/mol. The van der Waals surface area contributed by atoms with Crippen molar-refractivity contribution in [3.8, 4) is 0 Å². The molecule has 4 nitrogen and oxygen atoms in total. The molecule has 1 aromatic heterocycles. The molecule has 0 fully saturated rings. The van der Waals surface area contributed by atoms with E-state index in [2.05, 4.69) is 5.10 Å². The summed E-state index contributed by atoms with van der Waals surface area (Å²) in [5.41, 5.74) is 0.664. The summed E-state index contributed by atoms with van der Waals surface area (Å²) in [5, 5.41) is 4.12. The second-order valence-corrected chi connectivity index (χ2v) is 4.66. The molecule has 2 aromatic rings. The quantitative estimate of drug-likeness (QED) is 0.629. The minimum Gasteiger partial charge on any atom is -0.294 e. The van der Waals surface area contributed by atoms with E-state index in [9.17, 15) is 18.4 Å². The van der Waals surface area contributed by atoms with E-state index in [1.807, 2.05) is 6.92 Å². The van der Waals surface area contributed by atoms with E-state index in [0.29, 0.717) is 23.7 Å². The first kappa shape index (κ1) is 15.0. The summed E-state index contributed by atoms with van der Waals surface area (Å²) < 4.78 is 27.8. The maximum absolute atomic E-state index is 13.5. The van der Waals surface area contributed by atoms with Crippen molar-refractivity contribution < 1.29 is 18.4 Å². The van der Waals surface area contributed by atoms with Gasteiger partial charge in [0.25, 0.3) is 0 Å². The number of rotatable bonds is 5. The maximum atomic E-state index is 13.5. The van der Waals surface area contributed by atoms with Crippen molar-refractivity contribution in [3.63, 3.8) is 0 Å². The van der Waals surface area contributed by atoms with Crippen molar-refractivity contribution in [2.24, 2.45) is 7.05 Å². The zero-order valence-corrected chi connectivity index (χ0v) is 11.7. The molecule has 0 spiro atoms. The summed E-state index contributed by atoms with van der Waals surface area (Å²) in [7, 11) is 1.68. The van der Waals surface area contributed by atoms with Crippen molar-refractivity contribution in [1.82, 2.24) is 9.78 Å². The van der Waals surface area contributed by atoms with Crippen LogP contribution in [0.15, 0.2) is 24.4 Å². The molecular weight excluding hydrogens is 278 g/mol. The Balaban J connectivity index is 2.20. The lowest BCUT2D eigenvalue weighted by Gasteiger charge is -2.02. The highest BCUT2D eigenvalue weighted by molar-refractivity contribution is 6.13. The van der Waals surface area contributed by atoms with Crippen molar-refractivity contribution in [2.75, 3.05) is 0 Å². The molecule has 0 bridgehead atoms. The number of aromatic nitrogens is 2. The van der Waals surface area contributed by atoms with Gasteiger partial charge in [-0.05, 0) is 18.6 Å². The first-order chi connectivity index (χ1) is 9.92. The molecule has 2 rings (SSSR count). The smallest absolute Gasteiger partial charge is 0.174 e. The predicted molar refractivity (Wildman–Crippen MR) is 72.2 cm³/mol. The fraction of sp³-hybridized carbons (Fsp3) is 0.267. The summed E-state index contributed by atoms with van der Waals surface area (Å²) in [4.78, 5) is 24.1. The molecule has 0 N–H and O–H groups in total. The lowest BCUT2D eigenvalue weighted by Crippen LogP contribution is -2.11. The summed E-state index contributed by atoms with van der Waals surface area (Å²) in [6.45, 7) is 1.85. The van der Waals surface area contributed by atoms with Gasteiger partial charge in [-0.3, -0.25) is 14.3 Å². The van der Waals surface area contributed by atoms with Gasteiger partial charge in [0.2, 0.25) is 0 Å². The number of halogens is 2. The molecule has 0 atom stereocenters. The number of ketones is 2. The van der Waals surface area contributed by atoms with Crippen LogP contribution in [0.5, 0.6) is 0 Å². The SMILES string of the molecule is CCc1nn(C)cc1C(=O)CC(=O)c1ccc(F)cc1F. The lowest BCUT2D eigenvalue weighted by molar-refractivity contribution is 0.0891. The highest BCUT2D eigenvalue weighted by Crippen LogP contribution is 2.15. The molecule has 110 valence electrons. The monoisotopic (exact) mass is 292 g/mol. The summed E-state index contributed by atoms with van der Waals surface area (Å²) in [6, 6.07) is 2.66. The zero-order chi connectivity index (χ0) is 15.6. The van der Waals surface area contributed by atoms with Gasteiger partial charge < -0.3 is 0 Å². The van der Waals surface area contributed by atoms with Crippen LogP contribution >= 0.6 is 0 Å². The van der Waals surface area contributed by atoms with Gasteiger partial charge in [0.1, 0.15) is 11.6 Å². The Morgan fingerprint density at radius 1 is 1.19 bits per heavy atom. The topological polar surface area (TPSA) is 52.0 Å². The Hall–Kier alpha value is -2.37. The van der Waals surface area contributed by atoms with Crippen LogP contribution in [-0.4, -0.2) is 21.3 Å². The second kappa shape index (κ2) is 5.95. The number of hydrogen-bond acceptors (Lipinski definition) is 3. The average Bonchev–Trinajstić information content (AvgIpc) is 2.79. The minimum absolute atomic E-state index is 0.285. The van der Waals surface area contributed by atoms with E-state index in [-0.39, 0.29) is 5.56 Å². The Kier molecular flexibility index (Phi) is 4.26. The van der Waals surface area contributed by atoms with E-state index < -0.39 is 29.6 Å². The second-order valence-electron chi connectivity index (χ2n) is 4.66. The molecule has 0 amide bonds. The molecular formula is C15H14F2N2O2. The fourth-order valence-electron chi connectivity index (χ4n) is 2.08. The number of nitrogens with zero attached hydrogens (tertiary/aromatic N) is 2. The molecule has 1 heterocycles. The molecule has 0 saturated carbocycles. The molecule has 0 radical (unpaired) electrons. The standard InChI is InChI=1S/C15H14F2N2O2/c1-3-13-11(8-19(2)18-13)15(21)7-14(20)10-5-4-9(16)6-12(10)17/h4-6,8H,3,7H2,1-2H3. The van der Waals surface area contributed by atoms with Gasteiger partial charge >= 0.3 is 0 Å². The van der Waals surface area contributed by atoms with E-state index in [1.54, 1.807) is 7.05 Å². The number of Topliss-reactive ketones (excluding diaryl/α,β-unsaturated/α-hetero) is 2. The van der Waals surface area contributed by atoms with Crippen LogP contribution in [0.3, 0.4) is 0 Å². The lowest BCUT2D eigenvalue weighted by atomic mass is 10.0. The third-order valence-corrected chi connectivity index (χ3v) is 3.09. The van der Waals surface area contributed by atoms with Crippen LogP contribution in [0.25, 0.3) is 0 Å². The van der Waals surface area contributed by atoms with E-state index in [1.165, 1.54) is 10.9 Å². The maximum Gasteiger partial charge on any atom is 0.174 e. The third-order valence-electron chi connectivity index (χ3n) is 3.09. The zero-order valence-electron chi connectivity index (χ0n) is 11.7. The Morgan fingerprint density at radius 2 is 1.86 bits per heavy atom. The number of benzene rings is 1. The minimum atomic E-state index is -0.963. The molecule has 0 aliphatic carbocycles. The van der Waals surface area contributed by atoms with Gasteiger partial charge in [-0.15, -0.1) is 0 Å². The first-order valence-corrected chi connectivity index (χ1v) is 6.46. The van der Waals surface area contributed by atoms with Crippen molar-refractivity contribution in [3.05, 3.63) is 52.9 Å². The third kappa shape index (κ3) is 3.21. The van der Waals surface area contributed by atoms with Gasteiger partial charge in [0, 0.05) is 19.3 Å². The molecule has 0 saturated heterocycles. The molecule has 1 aromatic carbocycles. The Labute approximate surface area is 120 Å². The number of aryl methyl sites for hydroxylation is 2. The van der Waals surface area contributed by atoms with Crippen LogP contribution in [0.2, 0.25) is 0 Å². The van der Waals surface area contributed by atoms with Crippen molar-refractivity contribution in [1.29, 1.82) is 0 Å². The Morgan fingerprint density at radius 3 is 2.48 bits per heavy atom. The molecule has 6 heteroatoms.